The van der Waals surface area contributed by atoms with Crippen LogP contribution in [0.5, 0.6) is 5.75 Å². The van der Waals surface area contributed by atoms with E-state index in [2.05, 4.69) is 17.6 Å². The third kappa shape index (κ3) is 3.90. The van der Waals surface area contributed by atoms with E-state index < -0.39 is 0 Å². The van der Waals surface area contributed by atoms with Gasteiger partial charge in [-0.25, -0.2) is 0 Å². The molecule has 1 rings (SSSR count). The molecule has 84 valence electrons. The predicted octanol–water partition coefficient (Wildman–Crippen LogP) is 1.65. The molecule has 0 aromatic heterocycles. The van der Waals surface area contributed by atoms with Gasteiger partial charge in [-0.2, -0.15) is 0 Å². The lowest BCUT2D eigenvalue weighted by molar-refractivity contribution is 0.451. The molecular formula is C12H20N2O. The molecule has 0 saturated carbocycles. The maximum Gasteiger partial charge on any atom is 0.120 e. The second-order valence-electron chi connectivity index (χ2n) is 3.69. The summed E-state index contributed by atoms with van der Waals surface area (Å²) >= 11 is 0. The van der Waals surface area contributed by atoms with Gasteiger partial charge < -0.3 is 15.7 Å². The maximum absolute atomic E-state index is 9.63. The van der Waals surface area contributed by atoms with Crippen LogP contribution in [0, 0.1) is 0 Å². The third-order valence-electron chi connectivity index (χ3n) is 2.46. The van der Waals surface area contributed by atoms with Gasteiger partial charge in [-0.15, -0.1) is 0 Å². The summed E-state index contributed by atoms with van der Waals surface area (Å²) in [7, 11) is 1.95. The van der Waals surface area contributed by atoms with E-state index in [1.807, 2.05) is 25.2 Å². The molecular weight excluding hydrogens is 188 g/mol. The molecule has 1 aromatic rings. The topological polar surface area (TPSA) is 44.3 Å². The van der Waals surface area contributed by atoms with E-state index in [1.54, 1.807) is 6.07 Å². The summed E-state index contributed by atoms with van der Waals surface area (Å²) in [6, 6.07) is 7.66. The van der Waals surface area contributed by atoms with Gasteiger partial charge in [-0.1, -0.05) is 18.2 Å². The van der Waals surface area contributed by atoms with Crippen LogP contribution in [0.2, 0.25) is 0 Å². The summed E-state index contributed by atoms with van der Waals surface area (Å²) in [5.41, 5.74) is 0.960. The van der Waals surface area contributed by atoms with Crippen LogP contribution in [0.25, 0.3) is 0 Å². The summed E-state index contributed by atoms with van der Waals surface area (Å²) in [5, 5.41) is 16.1. The van der Waals surface area contributed by atoms with Gasteiger partial charge in [0.15, 0.2) is 0 Å². The Morgan fingerprint density at radius 1 is 1.27 bits per heavy atom. The van der Waals surface area contributed by atoms with Gasteiger partial charge in [0.05, 0.1) is 0 Å². The first-order valence-corrected chi connectivity index (χ1v) is 5.41. The van der Waals surface area contributed by atoms with Gasteiger partial charge in [0.2, 0.25) is 0 Å². The second kappa shape index (κ2) is 6.43. The monoisotopic (exact) mass is 208 g/mol. The first kappa shape index (κ1) is 12.0. The lowest BCUT2D eigenvalue weighted by Crippen LogP contribution is -2.22. The maximum atomic E-state index is 9.63. The van der Waals surface area contributed by atoms with Gasteiger partial charge >= 0.3 is 0 Å². The zero-order valence-corrected chi connectivity index (χ0v) is 9.46. The third-order valence-corrected chi connectivity index (χ3v) is 2.46. The van der Waals surface area contributed by atoms with Crippen LogP contribution < -0.4 is 10.6 Å². The molecule has 0 saturated heterocycles. The Balaban J connectivity index is 2.40. The van der Waals surface area contributed by atoms with E-state index in [4.69, 9.17) is 0 Å². The Bertz CT molecular complexity index is 289. The van der Waals surface area contributed by atoms with E-state index in [0.717, 1.165) is 25.1 Å². The van der Waals surface area contributed by atoms with E-state index in [0.29, 0.717) is 5.75 Å². The van der Waals surface area contributed by atoms with Crippen LogP contribution in [0.3, 0.4) is 0 Å². The summed E-state index contributed by atoms with van der Waals surface area (Å²) in [4.78, 5) is 0. The minimum Gasteiger partial charge on any atom is -0.508 e. The number of hydrogen-bond donors (Lipinski definition) is 3. The van der Waals surface area contributed by atoms with Crippen molar-refractivity contribution in [1.29, 1.82) is 0 Å². The van der Waals surface area contributed by atoms with Gasteiger partial charge in [-0.05, 0) is 39.5 Å². The van der Waals surface area contributed by atoms with Crippen LogP contribution in [0.4, 0.5) is 0 Å². The Kier molecular flexibility index (Phi) is 5.15. The lowest BCUT2D eigenvalue weighted by Gasteiger charge is -2.15. The Hall–Kier alpha value is -1.06. The standard InChI is InChI=1S/C12H20N2O/c1-10(14-9-5-8-13-2)11-6-3-4-7-12(11)15/h3-4,6-7,10,13-15H,5,8-9H2,1-2H3/t10-/m0/s1. The highest BCUT2D eigenvalue weighted by Crippen LogP contribution is 2.22. The van der Waals surface area contributed by atoms with Gasteiger partial charge in [-0.3, -0.25) is 0 Å². The highest BCUT2D eigenvalue weighted by Gasteiger charge is 2.07. The Morgan fingerprint density at radius 2 is 2.00 bits per heavy atom. The van der Waals surface area contributed by atoms with E-state index in [-0.39, 0.29) is 6.04 Å². The fourth-order valence-corrected chi connectivity index (χ4v) is 1.55. The first-order chi connectivity index (χ1) is 7.25. The van der Waals surface area contributed by atoms with Crippen molar-refractivity contribution in [3.63, 3.8) is 0 Å². The largest absolute Gasteiger partial charge is 0.508 e. The Labute approximate surface area is 91.5 Å². The molecule has 1 aromatic carbocycles. The smallest absolute Gasteiger partial charge is 0.120 e. The van der Waals surface area contributed by atoms with E-state index >= 15 is 0 Å². The number of phenolic OH excluding ortho intramolecular Hbond substituents is 1. The SMILES string of the molecule is CNCCCN[C@@H](C)c1ccccc1O. The Morgan fingerprint density at radius 3 is 2.67 bits per heavy atom. The molecule has 0 aliphatic carbocycles. The minimum absolute atomic E-state index is 0.197. The fraction of sp³-hybridized carbons (Fsp3) is 0.500. The number of rotatable bonds is 6. The van der Waals surface area contributed by atoms with Crippen molar-refractivity contribution in [1.82, 2.24) is 10.6 Å². The van der Waals surface area contributed by atoms with Crippen molar-refractivity contribution in [3.05, 3.63) is 29.8 Å². The fourth-order valence-electron chi connectivity index (χ4n) is 1.55. The number of para-hydroxylation sites is 1. The van der Waals surface area contributed by atoms with Crippen molar-refractivity contribution in [2.75, 3.05) is 20.1 Å². The molecule has 3 heteroatoms. The van der Waals surface area contributed by atoms with Crippen LogP contribution in [-0.4, -0.2) is 25.2 Å². The number of aromatic hydroxyl groups is 1. The van der Waals surface area contributed by atoms with Crippen molar-refractivity contribution in [2.45, 2.75) is 19.4 Å². The average Bonchev–Trinajstić information content (AvgIpc) is 2.25. The lowest BCUT2D eigenvalue weighted by atomic mass is 10.1. The predicted molar refractivity (Wildman–Crippen MR) is 63.1 cm³/mol. The summed E-state index contributed by atoms with van der Waals surface area (Å²) < 4.78 is 0. The van der Waals surface area contributed by atoms with E-state index in [9.17, 15) is 5.11 Å². The van der Waals surface area contributed by atoms with Gasteiger partial charge in [0.1, 0.15) is 5.75 Å². The molecule has 0 aliphatic rings. The van der Waals surface area contributed by atoms with Gasteiger partial charge in [0.25, 0.3) is 0 Å². The molecule has 3 N–H and O–H groups in total. The molecule has 0 spiro atoms. The normalized spacial score (nSPS) is 12.7. The first-order valence-electron chi connectivity index (χ1n) is 5.41. The quantitative estimate of drug-likeness (QED) is 0.623. The number of phenols is 1. The number of nitrogens with one attached hydrogen (secondary N) is 2. The molecule has 1 atom stereocenters. The van der Waals surface area contributed by atoms with Crippen LogP contribution in [-0.2, 0) is 0 Å². The molecule has 0 fully saturated rings. The zero-order chi connectivity index (χ0) is 11.1. The van der Waals surface area contributed by atoms with Crippen molar-refractivity contribution in [3.8, 4) is 5.75 Å². The highest BCUT2D eigenvalue weighted by molar-refractivity contribution is 5.33. The second-order valence-corrected chi connectivity index (χ2v) is 3.69. The van der Waals surface area contributed by atoms with Crippen LogP contribution in [0.15, 0.2) is 24.3 Å². The zero-order valence-electron chi connectivity index (χ0n) is 9.46. The summed E-state index contributed by atoms with van der Waals surface area (Å²) in [5.74, 6) is 0.367. The molecule has 0 radical (unpaired) electrons. The minimum atomic E-state index is 0.197. The van der Waals surface area contributed by atoms with E-state index in [1.165, 1.54) is 0 Å². The molecule has 0 aliphatic heterocycles. The molecule has 0 unspecified atom stereocenters. The molecule has 0 bridgehead atoms. The molecule has 3 nitrogen and oxygen atoms in total. The number of hydrogen-bond acceptors (Lipinski definition) is 3. The molecule has 0 amide bonds. The molecule has 15 heavy (non-hydrogen) atoms. The van der Waals surface area contributed by atoms with Crippen molar-refractivity contribution < 1.29 is 5.11 Å². The van der Waals surface area contributed by atoms with Gasteiger partial charge in [0, 0.05) is 11.6 Å². The average molecular weight is 208 g/mol. The molecule has 0 heterocycles. The summed E-state index contributed by atoms with van der Waals surface area (Å²) in [6.45, 7) is 4.03. The van der Waals surface area contributed by atoms with Crippen LogP contribution in [0.1, 0.15) is 24.9 Å². The van der Waals surface area contributed by atoms with Crippen LogP contribution >= 0.6 is 0 Å². The number of benzene rings is 1. The van der Waals surface area contributed by atoms with Crippen molar-refractivity contribution >= 4 is 0 Å². The summed E-state index contributed by atoms with van der Waals surface area (Å²) in [6.07, 6.45) is 1.09. The highest BCUT2D eigenvalue weighted by atomic mass is 16.3. The van der Waals surface area contributed by atoms with Crippen molar-refractivity contribution in [2.24, 2.45) is 0 Å².